The molecule has 0 aliphatic heterocycles. The van der Waals surface area contributed by atoms with E-state index in [0.29, 0.717) is 11.5 Å². The Hall–Kier alpha value is -2.19. The van der Waals surface area contributed by atoms with E-state index in [1.807, 2.05) is 42.5 Å². The molecule has 21 heavy (non-hydrogen) atoms. The SMILES string of the molecule is COc1ccccc1NC(C#N)c1cc(Br)ccc1OC. The van der Waals surface area contributed by atoms with Crippen LogP contribution < -0.4 is 14.8 Å². The molecule has 5 heteroatoms. The molecule has 1 unspecified atom stereocenters. The normalized spacial score (nSPS) is 11.3. The molecular weight excluding hydrogens is 332 g/mol. The first-order chi connectivity index (χ1) is 10.2. The van der Waals surface area contributed by atoms with Gasteiger partial charge in [0.2, 0.25) is 0 Å². The van der Waals surface area contributed by atoms with Crippen molar-refractivity contribution in [1.29, 1.82) is 5.26 Å². The predicted molar refractivity (Wildman–Crippen MR) is 85.7 cm³/mol. The van der Waals surface area contributed by atoms with Crippen molar-refractivity contribution < 1.29 is 9.47 Å². The maximum atomic E-state index is 9.49. The monoisotopic (exact) mass is 346 g/mol. The summed E-state index contributed by atoms with van der Waals surface area (Å²) in [7, 11) is 3.19. The van der Waals surface area contributed by atoms with E-state index in [1.54, 1.807) is 14.2 Å². The quantitative estimate of drug-likeness (QED) is 0.883. The fourth-order valence-electron chi connectivity index (χ4n) is 2.03. The molecule has 108 valence electrons. The van der Waals surface area contributed by atoms with Gasteiger partial charge in [-0.25, -0.2) is 0 Å². The second kappa shape index (κ2) is 7.00. The summed E-state index contributed by atoms with van der Waals surface area (Å²) < 4.78 is 11.5. The standard InChI is InChI=1S/C16H15BrN2O2/c1-20-15-8-7-11(17)9-12(15)14(10-18)19-13-5-3-4-6-16(13)21-2/h3-9,14,19H,1-2H3. The average molecular weight is 347 g/mol. The summed E-state index contributed by atoms with van der Waals surface area (Å²) in [6.45, 7) is 0. The van der Waals surface area contributed by atoms with Gasteiger partial charge >= 0.3 is 0 Å². The molecule has 1 atom stereocenters. The van der Waals surface area contributed by atoms with Crippen molar-refractivity contribution in [3.63, 3.8) is 0 Å². The van der Waals surface area contributed by atoms with E-state index >= 15 is 0 Å². The Morgan fingerprint density at radius 2 is 1.81 bits per heavy atom. The Morgan fingerprint density at radius 1 is 1.10 bits per heavy atom. The first-order valence-electron chi connectivity index (χ1n) is 6.32. The molecule has 0 aliphatic carbocycles. The molecule has 0 heterocycles. The van der Waals surface area contributed by atoms with Crippen molar-refractivity contribution in [2.75, 3.05) is 19.5 Å². The van der Waals surface area contributed by atoms with Crippen LogP contribution in [-0.4, -0.2) is 14.2 Å². The van der Waals surface area contributed by atoms with Gasteiger partial charge < -0.3 is 14.8 Å². The number of nitriles is 1. The van der Waals surface area contributed by atoms with E-state index < -0.39 is 6.04 Å². The van der Waals surface area contributed by atoms with E-state index in [2.05, 4.69) is 27.3 Å². The van der Waals surface area contributed by atoms with Gasteiger partial charge in [-0.1, -0.05) is 28.1 Å². The molecule has 0 aromatic heterocycles. The lowest BCUT2D eigenvalue weighted by Gasteiger charge is -2.18. The van der Waals surface area contributed by atoms with E-state index in [1.165, 1.54) is 0 Å². The summed E-state index contributed by atoms with van der Waals surface area (Å²) >= 11 is 3.42. The summed E-state index contributed by atoms with van der Waals surface area (Å²) in [5, 5.41) is 12.7. The number of anilines is 1. The van der Waals surface area contributed by atoms with Gasteiger partial charge in [0.05, 0.1) is 26.0 Å². The third-order valence-corrected chi connectivity index (χ3v) is 3.53. The Labute approximate surface area is 132 Å². The topological polar surface area (TPSA) is 54.3 Å². The highest BCUT2D eigenvalue weighted by atomic mass is 79.9. The predicted octanol–water partition coefficient (Wildman–Crippen LogP) is 4.14. The number of nitrogens with one attached hydrogen (secondary N) is 1. The van der Waals surface area contributed by atoms with Gasteiger partial charge in [0, 0.05) is 10.0 Å². The molecule has 0 radical (unpaired) electrons. The van der Waals surface area contributed by atoms with Crippen LogP contribution in [0.1, 0.15) is 11.6 Å². The van der Waals surface area contributed by atoms with Crippen molar-refractivity contribution in [2.45, 2.75) is 6.04 Å². The minimum absolute atomic E-state index is 0.547. The van der Waals surface area contributed by atoms with Crippen LogP contribution in [0.15, 0.2) is 46.9 Å². The van der Waals surface area contributed by atoms with Gasteiger partial charge in [0.1, 0.15) is 17.5 Å². The van der Waals surface area contributed by atoms with Crippen molar-refractivity contribution in [2.24, 2.45) is 0 Å². The van der Waals surface area contributed by atoms with Crippen molar-refractivity contribution in [3.8, 4) is 17.6 Å². The number of methoxy groups -OCH3 is 2. The Kier molecular flexibility index (Phi) is 5.07. The van der Waals surface area contributed by atoms with E-state index in [-0.39, 0.29) is 0 Å². The van der Waals surface area contributed by atoms with Crippen molar-refractivity contribution in [3.05, 3.63) is 52.5 Å². The largest absolute Gasteiger partial charge is 0.496 e. The minimum atomic E-state index is -0.547. The third kappa shape index (κ3) is 3.47. The first-order valence-corrected chi connectivity index (χ1v) is 7.11. The molecule has 2 rings (SSSR count). The highest BCUT2D eigenvalue weighted by Crippen LogP contribution is 2.33. The van der Waals surface area contributed by atoms with Gasteiger partial charge in [-0.15, -0.1) is 0 Å². The summed E-state index contributed by atoms with van der Waals surface area (Å²) in [5.74, 6) is 1.35. The zero-order chi connectivity index (χ0) is 15.2. The van der Waals surface area contributed by atoms with Gasteiger partial charge in [0.15, 0.2) is 0 Å². The van der Waals surface area contributed by atoms with Crippen LogP contribution in [0.5, 0.6) is 11.5 Å². The molecule has 0 amide bonds. The van der Waals surface area contributed by atoms with Crippen molar-refractivity contribution in [1.82, 2.24) is 0 Å². The van der Waals surface area contributed by atoms with Gasteiger partial charge in [0.25, 0.3) is 0 Å². The summed E-state index contributed by atoms with van der Waals surface area (Å²) in [6, 6.07) is 14.8. The molecule has 0 fully saturated rings. The van der Waals surface area contributed by atoms with E-state index in [9.17, 15) is 5.26 Å². The number of halogens is 1. The first kappa shape index (κ1) is 15.2. The molecule has 1 N–H and O–H groups in total. The fraction of sp³-hybridized carbons (Fsp3) is 0.188. The molecule has 4 nitrogen and oxygen atoms in total. The Bertz CT molecular complexity index is 668. The van der Waals surface area contributed by atoms with Crippen LogP contribution in [0, 0.1) is 11.3 Å². The number of nitrogens with zero attached hydrogens (tertiary/aromatic N) is 1. The Balaban J connectivity index is 2.37. The maximum absolute atomic E-state index is 9.49. The van der Waals surface area contributed by atoms with E-state index in [0.717, 1.165) is 15.7 Å². The lowest BCUT2D eigenvalue weighted by molar-refractivity contribution is 0.408. The highest BCUT2D eigenvalue weighted by Gasteiger charge is 2.17. The lowest BCUT2D eigenvalue weighted by Crippen LogP contribution is -2.10. The number of benzene rings is 2. The van der Waals surface area contributed by atoms with Crippen LogP contribution in [0.3, 0.4) is 0 Å². The van der Waals surface area contributed by atoms with Crippen LogP contribution in [0.25, 0.3) is 0 Å². The van der Waals surface area contributed by atoms with Crippen LogP contribution in [0.2, 0.25) is 0 Å². The number of ether oxygens (including phenoxy) is 2. The third-order valence-electron chi connectivity index (χ3n) is 3.04. The summed E-state index contributed by atoms with van der Waals surface area (Å²) in [5.41, 5.74) is 1.52. The second-order valence-corrected chi connectivity index (χ2v) is 5.21. The van der Waals surface area contributed by atoms with Crippen LogP contribution >= 0.6 is 15.9 Å². The molecule has 0 spiro atoms. The fourth-order valence-corrected chi connectivity index (χ4v) is 2.41. The van der Waals surface area contributed by atoms with Crippen LogP contribution in [-0.2, 0) is 0 Å². The Morgan fingerprint density at radius 3 is 2.48 bits per heavy atom. The van der Waals surface area contributed by atoms with Crippen LogP contribution in [0.4, 0.5) is 5.69 Å². The number of para-hydroxylation sites is 2. The molecular formula is C16H15BrN2O2. The summed E-state index contributed by atoms with van der Waals surface area (Å²) in [6.07, 6.45) is 0. The van der Waals surface area contributed by atoms with Gasteiger partial charge in [-0.2, -0.15) is 5.26 Å². The highest BCUT2D eigenvalue weighted by molar-refractivity contribution is 9.10. The molecule has 0 aliphatic rings. The van der Waals surface area contributed by atoms with Gasteiger partial charge in [-0.3, -0.25) is 0 Å². The zero-order valence-electron chi connectivity index (χ0n) is 11.8. The summed E-state index contributed by atoms with van der Waals surface area (Å²) in [4.78, 5) is 0. The molecule has 0 saturated carbocycles. The second-order valence-electron chi connectivity index (χ2n) is 4.29. The van der Waals surface area contributed by atoms with E-state index in [4.69, 9.17) is 9.47 Å². The van der Waals surface area contributed by atoms with Crippen molar-refractivity contribution >= 4 is 21.6 Å². The molecule has 2 aromatic carbocycles. The number of hydrogen-bond donors (Lipinski definition) is 1. The number of rotatable bonds is 5. The maximum Gasteiger partial charge on any atom is 0.143 e. The molecule has 0 bridgehead atoms. The smallest absolute Gasteiger partial charge is 0.143 e. The number of hydrogen-bond acceptors (Lipinski definition) is 4. The zero-order valence-corrected chi connectivity index (χ0v) is 13.3. The average Bonchev–Trinajstić information content (AvgIpc) is 2.53. The molecule has 2 aromatic rings. The van der Waals surface area contributed by atoms with Gasteiger partial charge in [-0.05, 0) is 30.3 Å². The lowest BCUT2D eigenvalue weighted by atomic mass is 10.1. The molecule has 0 saturated heterocycles. The minimum Gasteiger partial charge on any atom is -0.496 e.